The molecule has 0 aliphatic carbocycles. The molecule has 1 amide bonds. The first-order chi connectivity index (χ1) is 13.0. The second-order valence-corrected chi connectivity index (χ2v) is 8.74. The fourth-order valence-corrected chi connectivity index (χ4v) is 5.37. The van der Waals surface area contributed by atoms with Crippen molar-refractivity contribution in [3.8, 4) is 11.5 Å². The summed E-state index contributed by atoms with van der Waals surface area (Å²) in [7, 11) is 0. The van der Waals surface area contributed by atoms with E-state index in [-0.39, 0.29) is 18.1 Å². The van der Waals surface area contributed by atoms with E-state index in [9.17, 15) is 4.79 Å². The first-order valence-electron chi connectivity index (χ1n) is 10.5. The van der Waals surface area contributed by atoms with Crippen LogP contribution in [0.15, 0.2) is 18.2 Å². The molecule has 1 aromatic rings. The zero-order valence-corrected chi connectivity index (χ0v) is 16.8. The molecule has 2 bridgehead atoms. The van der Waals surface area contributed by atoms with E-state index in [2.05, 4.69) is 31.0 Å². The van der Waals surface area contributed by atoms with Gasteiger partial charge in [-0.05, 0) is 62.3 Å². The van der Waals surface area contributed by atoms with Crippen molar-refractivity contribution in [3.63, 3.8) is 0 Å². The van der Waals surface area contributed by atoms with Crippen LogP contribution in [0.25, 0.3) is 0 Å². The topological polar surface area (TPSA) is 50.8 Å². The minimum Gasteiger partial charge on any atom is -0.454 e. The van der Waals surface area contributed by atoms with E-state index in [1.165, 1.54) is 6.42 Å². The summed E-state index contributed by atoms with van der Waals surface area (Å²) in [6, 6.07) is 6.90. The van der Waals surface area contributed by atoms with Gasteiger partial charge in [-0.15, -0.1) is 0 Å². The standard InChI is InChI=1S/C22H32N2O3/c1-4-24-17-6-8-20(24)22(12-17,10-9-15(2)3)21(25)23-13-16-5-7-18-19(11-16)27-14-26-18/h5,7,11,15,17,20H,4,6,8-10,12-14H2,1-3H3,(H,23,25)/t17-,20+,22+/m1/s1. The molecule has 3 aliphatic rings. The molecule has 2 fully saturated rings. The van der Waals surface area contributed by atoms with Crippen molar-refractivity contribution >= 4 is 5.91 Å². The van der Waals surface area contributed by atoms with E-state index in [0.29, 0.717) is 24.5 Å². The second kappa shape index (κ2) is 7.34. The van der Waals surface area contributed by atoms with Gasteiger partial charge in [-0.3, -0.25) is 9.69 Å². The lowest BCUT2D eigenvalue weighted by atomic mass is 9.69. The average molecular weight is 373 g/mol. The van der Waals surface area contributed by atoms with E-state index in [0.717, 1.165) is 49.3 Å². The quantitative estimate of drug-likeness (QED) is 0.793. The van der Waals surface area contributed by atoms with Crippen molar-refractivity contribution in [1.29, 1.82) is 0 Å². The van der Waals surface area contributed by atoms with Crippen molar-refractivity contribution in [2.75, 3.05) is 13.3 Å². The number of hydrogen-bond donors (Lipinski definition) is 1. The predicted molar refractivity (Wildman–Crippen MR) is 105 cm³/mol. The lowest BCUT2D eigenvalue weighted by Crippen LogP contribution is -2.49. The summed E-state index contributed by atoms with van der Waals surface area (Å²) >= 11 is 0. The maximum atomic E-state index is 13.4. The van der Waals surface area contributed by atoms with Gasteiger partial charge in [-0.2, -0.15) is 0 Å². The third-order valence-electron chi connectivity index (χ3n) is 6.76. The van der Waals surface area contributed by atoms with Crippen molar-refractivity contribution in [2.45, 2.75) is 71.5 Å². The maximum absolute atomic E-state index is 13.4. The molecule has 0 spiro atoms. The molecule has 0 saturated carbocycles. The molecule has 5 heteroatoms. The van der Waals surface area contributed by atoms with Gasteiger partial charge in [0.1, 0.15) is 0 Å². The third kappa shape index (κ3) is 3.31. The summed E-state index contributed by atoms with van der Waals surface area (Å²) < 4.78 is 10.8. The van der Waals surface area contributed by atoms with Crippen molar-refractivity contribution in [2.24, 2.45) is 11.3 Å². The predicted octanol–water partition coefficient (Wildman–Crippen LogP) is 3.71. The third-order valence-corrected chi connectivity index (χ3v) is 6.76. The Morgan fingerprint density at radius 2 is 2.11 bits per heavy atom. The number of carbonyl (C=O) groups excluding carboxylic acids is 1. The molecule has 1 aromatic carbocycles. The van der Waals surface area contributed by atoms with Crippen LogP contribution in [0.3, 0.4) is 0 Å². The molecule has 4 rings (SSSR count). The van der Waals surface area contributed by atoms with Gasteiger partial charge in [0.05, 0.1) is 5.41 Å². The highest BCUT2D eigenvalue weighted by Crippen LogP contribution is 2.52. The number of benzene rings is 1. The molecular weight excluding hydrogens is 340 g/mol. The number of nitrogens with one attached hydrogen (secondary N) is 1. The lowest BCUT2D eigenvalue weighted by molar-refractivity contribution is -0.133. The molecule has 0 unspecified atom stereocenters. The molecule has 3 heterocycles. The first-order valence-corrected chi connectivity index (χ1v) is 10.5. The van der Waals surface area contributed by atoms with E-state index < -0.39 is 0 Å². The number of carbonyl (C=O) groups is 1. The van der Waals surface area contributed by atoms with E-state index in [1.54, 1.807) is 0 Å². The van der Waals surface area contributed by atoms with Gasteiger partial charge in [-0.1, -0.05) is 26.8 Å². The van der Waals surface area contributed by atoms with Gasteiger partial charge in [0, 0.05) is 18.6 Å². The molecule has 27 heavy (non-hydrogen) atoms. The summed E-state index contributed by atoms with van der Waals surface area (Å²) in [5.74, 6) is 2.42. The second-order valence-electron chi connectivity index (χ2n) is 8.74. The summed E-state index contributed by atoms with van der Waals surface area (Å²) in [6.45, 7) is 8.61. The Labute approximate surface area is 162 Å². The Kier molecular flexibility index (Phi) is 5.06. The fraction of sp³-hybridized carbons (Fsp3) is 0.682. The zero-order chi connectivity index (χ0) is 19.0. The Morgan fingerprint density at radius 3 is 2.85 bits per heavy atom. The van der Waals surface area contributed by atoms with Crippen molar-refractivity contribution in [3.05, 3.63) is 23.8 Å². The molecule has 5 nitrogen and oxygen atoms in total. The van der Waals surface area contributed by atoms with E-state index in [4.69, 9.17) is 9.47 Å². The number of fused-ring (bicyclic) bond motifs is 3. The van der Waals surface area contributed by atoms with E-state index >= 15 is 0 Å². The molecule has 0 aromatic heterocycles. The minimum atomic E-state index is -0.223. The zero-order valence-electron chi connectivity index (χ0n) is 16.8. The Morgan fingerprint density at radius 1 is 1.30 bits per heavy atom. The minimum absolute atomic E-state index is 0.223. The Bertz CT molecular complexity index is 705. The molecule has 2 saturated heterocycles. The summed E-state index contributed by atoms with van der Waals surface area (Å²) in [4.78, 5) is 16.0. The molecular formula is C22H32N2O3. The average Bonchev–Trinajstić information content (AvgIpc) is 3.36. The van der Waals surface area contributed by atoms with Crippen molar-refractivity contribution in [1.82, 2.24) is 10.2 Å². The van der Waals surface area contributed by atoms with Crippen LogP contribution in [0.2, 0.25) is 0 Å². The van der Waals surface area contributed by atoms with Crippen LogP contribution >= 0.6 is 0 Å². The SMILES string of the molecule is CCN1[C@@H]2CC[C@H]1[C@@](CCC(C)C)(C(=O)NCc1ccc3c(c1)OCO3)C2. The van der Waals surface area contributed by atoms with Gasteiger partial charge >= 0.3 is 0 Å². The van der Waals surface area contributed by atoms with Crippen LogP contribution in [-0.4, -0.2) is 36.2 Å². The first kappa shape index (κ1) is 18.6. The van der Waals surface area contributed by atoms with Crippen molar-refractivity contribution < 1.29 is 14.3 Å². The number of rotatable bonds is 7. The van der Waals surface area contributed by atoms with Crippen LogP contribution < -0.4 is 14.8 Å². The Balaban J connectivity index is 1.48. The smallest absolute Gasteiger partial charge is 0.231 e. The monoisotopic (exact) mass is 372 g/mol. The van der Waals surface area contributed by atoms with Gasteiger partial charge in [0.15, 0.2) is 11.5 Å². The highest BCUT2D eigenvalue weighted by molar-refractivity contribution is 5.84. The van der Waals surface area contributed by atoms with Crippen LogP contribution in [-0.2, 0) is 11.3 Å². The summed E-state index contributed by atoms with van der Waals surface area (Å²) in [5, 5.41) is 3.26. The molecule has 0 radical (unpaired) electrons. The maximum Gasteiger partial charge on any atom is 0.231 e. The number of ether oxygens (including phenoxy) is 2. The van der Waals surface area contributed by atoms with Gasteiger partial charge in [-0.25, -0.2) is 0 Å². The van der Waals surface area contributed by atoms with Gasteiger partial charge < -0.3 is 14.8 Å². The van der Waals surface area contributed by atoms with Gasteiger partial charge in [0.2, 0.25) is 12.7 Å². The van der Waals surface area contributed by atoms with Crippen LogP contribution in [0.5, 0.6) is 11.5 Å². The Hall–Kier alpha value is -1.75. The van der Waals surface area contributed by atoms with Crippen LogP contribution in [0.4, 0.5) is 0 Å². The fourth-order valence-electron chi connectivity index (χ4n) is 5.37. The number of amides is 1. The molecule has 1 N–H and O–H groups in total. The summed E-state index contributed by atoms with van der Waals surface area (Å²) in [5.41, 5.74) is 0.835. The highest BCUT2D eigenvalue weighted by atomic mass is 16.7. The molecule has 3 aliphatic heterocycles. The van der Waals surface area contributed by atoms with Crippen LogP contribution in [0, 0.1) is 11.3 Å². The number of nitrogens with zero attached hydrogens (tertiary/aromatic N) is 1. The largest absolute Gasteiger partial charge is 0.454 e. The van der Waals surface area contributed by atoms with Crippen LogP contribution in [0.1, 0.15) is 58.4 Å². The number of hydrogen-bond acceptors (Lipinski definition) is 4. The molecule has 148 valence electrons. The lowest BCUT2D eigenvalue weighted by Gasteiger charge is -2.37. The normalized spacial score (nSPS) is 28.9. The van der Waals surface area contributed by atoms with Gasteiger partial charge in [0.25, 0.3) is 0 Å². The highest BCUT2D eigenvalue weighted by Gasteiger charge is 2.58. The van der Waals surface area contributed by atoms with E-state index in [1.807, 2.05) is 18.2 Å². The summed E-state index contributed by atoms with van der Waals surface area (Å²) in [6.07, 6.45) is 5.53. The molecule has 3 atom stereocenters.